The lowest BCUT2D eigenvalue weighted by molar-refractivity contribution is -0.136. The summed E-state index contributed by atoms with van der Waals surface area (Å²) < 4.78 is 38.2. The van der Waals surface area contributed by atoms with Gasteiger partial charge in [0.2, 0.25) is 0 Å². The first-order valence-corrected chi connectivity index (χ1v) is 4.58. The largest absolute Gasteiger partial charge is 0.418 e. The van der Waals surface area contributed by atoms with E-state index < -0.39 is 11.7 Å². The second-order valence-electron chi connectivity index (χ2n) is 3.07. The first-order valence-electron chi connectivity index (χ1n) is 4.18. The van der Waals surface area contributed by atoms with E-state index in [1.54, 1.807) is 12.1 Å². The Bertz CT molecular complexity index is 556. The first kappa shape index (κ1) is 10.2. The zero-order valence-electron chi connectivity index (χ0n) is 7.43. The lowest BCUT2D eigenvalue weighted by Crippen LogP contribution is -2.06. The van der Waals surface area contributed by atoms with Gasteiger partial charge < -0.3 is 4.98 Å². The molecule has 0 saturated carbocycles. The Labute approximate surface area is 88.6 Å². The molecule has 78 valence electrons. The number of fused-ring (bicyclic) bond motifs is 1. The molecule has 0 atom stereocenters. The lowest BCUT2D eigenvalue weighted by atomic mass is 10.1. The van der Waals surface area contributed by atoms with E-state index in [9.17, 15) is 13.2 Å². The van der Waals surface area contributed by atoms with E-state index in [4.69, 9.17) is 12.2 Å². The van der Waals surface area contributed by atoms with Gasteiger partial charge in [-0.1, -0.05) is 24.4 Å². The van der Waals surface area contributed by atoms with Gasteiger partial charge in [-0.25, -0.2) is 0 Å². The van der Waals surface area contributed by atoms with Crippen LogP contribution in [0.4, 0.5) is 13.2 Å². The molecule has 0 aliphatic heterocycles. The van der Waals surface area contributed by atoms with Crippen molar-refractivity contribution < 1.29 is 13.2 Å². The van der Waals surface area contributed by atoms with Gasteiger partial charge in [0.25, 0.3) is 0 Å². The van der Waals surface area contributed by atoms with Crippen LogP contribution in [0.2, 0.25) is 0 Å². The molecule has 1 N–H and O–H groups in total. The second-order valence-corrected chi connectivity index (χ2v) is 3.51. The minimum Gasteiger partial charge on any atom is -0.361 e. The number of nitrogens with one attached hydrogen (secondary N) is 1. The Morgan fingerprint density at radius 3 is 2.53 bits per heavy atom. The molecule has 1 aromatic carbocycles. The molecule has 1 heterocycles. The van der Waals surface area contributed by atoms with E-state index in [1.165, 1.54) is 12.3 Å². The van der Waals surface area contributed by atoms with Crippen LogP contribution in [0.25, 0.3) is 10.9 Å². The molecule has 0 aliphatic rings. The molecule has 0 bridgehead atoms. The lowest BCUT2D eigenvalue weighted by Gasteiger charge is -2.09. The van der Waals surface area contributed by atoms with Gasteiger partial charge in [-0.05, 0) is 12.1 Å². The maximum atomic E-state index is 12.6. The number of halogens is 3. The molecule has 1 aromatic heterocycles. The Balaban J connectivity index is 2.89. The molecule has 0 unspecified atom stereocenters. The van der Waals surface area contributed by atoms with E-state index >= 15 is 0 Å². The Morgan fingerprint density at radius 1 is 1.13 bits per heavy atom. The van der Waals surface area contributed by atoms with E-state index in [1.807, 2.05) is 0 Å². The van der Waals surface area contributed by atoms with Crippen LogP contribution in [0.1, 0.15) is 5.56 Å². The third kappa shape index (κ3) is 1.74. The third-order valence-electron chi connectivity index (χ3n) is 2.10. The number of aromatic nitrogens is 1. The van der Waals surface area contributed by atoms with Crippen molar-refractivity contribution in [2.75, 3.05) is 0 Å². The highest BCUT2D eigenvalue weighted by Gasteiger charge is 2.32. The van der Waals surface area contributed by atoms with Gasteiger partial charge in [-0.3, -0.25) is 0 Å². The van der Waals surface area contributed by atoms with Crippen LogP contribution >= 0.6 is 12.2 Å². The summed E-state index contributed by atoms with van der Waals surface area (Å²) in [6.07, 6.45) is -2.95. The average molecular weight is 229 g/mol. The summed E-state index contributed by atoms with van der Waals surface area (Å²) in [5.74, 6) is 0. The quantitative estimate of drug-likeness (QED) is 0.677. The molecule has 0 saturated heterocycles. The van der Waals surface area contributed by atoms with Gasteiger partial charge >= 0.3 is 6.18 Å². The van der Waals surface area contributed by atoms with Crippen molar-refractivity contribution >= 4 is 23.1 Å². The van der Waals surface area contributed by atoms with Crippen molar-refractivity contribution in [2.45, 2.75) is 6.18 Å². The van der Waals surface area contributed by atoms with Gasteiger partial charge in [0.05, 0.1) is 11.1 Å². The summed E-state index contributed by atoms with van der Waals surface area (Å²) in [5, 5.41) is 0.419. The number of rotatable bonds is 0. The van der Waals surface area contributed by atoms with E-state index in [-0.39, 0.29) is 5.52 Å². The van der Waals surface area contributed by atoms with E-state index in [0.29, 0.717) is 9.90 Å². The van der Waals surface area contributed by atoms with Crippen molar-refractivity contribution in [1.82, 2.24) is 4.98 Å². The smallest absolute Gasteiger partial charge is 0.361 e. The van der Waals surface area contributed by atoms with Crippen LogP contribution in [0.5, 0.6) is 0 Å². The monoisotopic (exact) mass is 229 g/mol. The maximum absolute atomic E-state index is 12.6. The standard InChI is InChI=1S/C10H6F3NS/c11-10(12,13)7-3-1-2-6-8(15)4-5-14-9(6)7/h1-5H,(H,14,15). The highest BCUT2D eigenvalue weighted by atomic mass is 32.1. The van der Waals surface area contributed by atoms with Crippen LogP contribution in [0.15, 0.2) is 30.5 Å². The number of hydrogen-bond acceptors (Lipinski definition) is 1. The molecule has 0 fully saturated rings. The molecule has 1 nitrogen and oxygen atoms in total. The molecule has 0 amide bonds. The zero-order chi connectivity index (χ0) is 11.1. The number of pyridine rings is 1. The maximum Gasteiger partial charge on any atom is 0.418 e. The van der Waals surface area contributed by atoms with Gasteiger partial charge in [-0.2, -0.15) is 13.2 Å². The van der Waals surface area contributed by atoms with Crippen molar-refractivity contribution in [1.29, 1.82) is 0 Å². The first-order chi connectivity index (χ1) is 7.00. The van der Waals surface area contributed by atoms with E-state index in [2.05, 4.69) is 4.98 Å². The molecular formula is C10H6F3NS. The number of aromatic amines is 1. The Morgan fingerprint density at radius 2 is 1.87 bits per heavy atom. The highest BCUT2D eigenvalue weighted by molar-refractivity contribution is 7.71. The number of para-hydroxylation sites is 1. The van der Waals surface area contributed by atoms with Gasteiger partial charge in [0.1, 0.15) is 0 Å². The summed E-state index contributed by atoms with van der Waals surface area (Å²) in [6.45, 7) is 0. The number of H-pyrrole nitrogens is 1. The van der Waals surface area contributed by atoms with Crippen molar-refractivity contribution in [3.8, 4) is 0 Å². The van der Waals surface area contributed by atoms with Gasteiger partial charge in [-0.15, -0.1) is 0 Å². The third-order valence-corrected chi connectivity index (χ3v) is 2.45. The summed E-state index contributed by atoms with van der Waals surface area (Å²) >= 11 is 4.95. The van der Waals surface area contributed by atoms with Crippen molar-refractivity contribution in [2.24, 2.45) is 0 Å². The van der Waals surface area contributed by atoms with Crippen LogP contribution in [-0.2, 0) is 6.18 Å². The minimum absolute atomic E-state index is 0.0394. The molecular weight excluding hydrogens is 223 g/mol. The van der Waals surface area contributed by atoms with Crippen molar-refractivity contribution in [3.05, 3.63) is 40.5 Å². The van der Waals surface area contributed by atoms with Crippen LogP contribution in [0, 0.1) is 4.51 Å². The summed E-state index contributed by atoms with van der Waals surface area (Å²) in [5.41, 5.74) is -0.649. The van der Waals surface area contributed by atoms with Crippen LogP contribution < -0.4 is 0 Å². The molecule has 2 aromatic rings. The molecule has 5 heteroatoms. The number of benzene rings is 1. The fourth-order valence-electron chi connectivity index (χ4n) is 1.44. The van der Waals surface area contributed by atoms with Gasteiger partial charge in [0.15, 0.2) is 0 Å². The average Bonchev–Trinajstić information content (AvgIpc) is 2.16. The zero-order valence-corrected chi connectivity index (χ0v) is 8.25. The molecule has 0 spiro atoms. The predicted octanol–water partition coefficient (Wildman–Crippen LogP) is 3.92. The Hall–Kier alpha value is -1.36. The molecule has 0 aliphatic carbocycles. The SMILES string of the molecule is FC(F)(F)c1cccc2c(=S)cc[nH]c12. The van der Waals surface area contributed by atoms with E-state index in [0.717, 1.165) is 6.07 Å². The normalized spacial score (nSPS) is 11.9. The van der Waals surface area contributed by atoms with Gasteiger partial charge in [0, 0.05) is 16.1 Å². The summed E-state index contributed by atoms with van der Waals surface area (Å²) in [6, 6.07) is 5.53. The highest BCUT2D eigenvalue weighted by Crippen LogP contribution is 2.33. The summed E-state index contributed by atoms with van der Waals surface area (Å²) in [4.78, 5) is 2.58. The topological polar surface area (TPSA) is 15.8 Å². The van der Waals surface area contributed by atoms with Crippen molar-refractivity contribution in [3.63, 3.8) is 0 Å². The molecule has 15 heavy (non-hydrogen) atoms. The predicted molar refractivity (Wildman–Crippen MR) is 54.1 cm³/mol. The van der Waals surface area contributed by atoms with Crippen LogP contribution in [-0.4, -0.2) is 4.98 Å². The second kappa shape index (κ2) is 3.34. The fraction of sp³-hybridized carbons (Fsp3) is 0.100. The Kier molecular flexibility index (Phi) is 2.26. The molecule has 0 radical (unpaired) electrons. The van der Waals surface area contributed by atoms with Crippen LogP contribution in [0.3, 0.4) is 0 Å². The fourth-order valence-corrected chi connectivity index (χ4v) is 1.68. The summed E-state index contributed by atoms with van der Waals surface area (Å²) in [7, 11) is 0. The molecule has 2 rings (SSSR count). The minimum atomic E-state index is -4.36. The number of hydrogen-bond donors (Lipinski definition) is 1. The number of alkyl halides is 3.